The molecule has 0 aliphatic heterocycles. The number of pyridine rings is 1. The fourth-order valence-electron chi connectivity index (χ4n) is 2.80. The number of nitrogens with one attached hydrogen (secondary N) is 1. The maximum atomic E-state index is 13.5. The van der Waals surface area contributed by atoms with Gasteiger partial charge in [0.1, 0.15) is 0 Å². The zero-order chi connectivity index (χ0) is 13.9. The van der Waals surface area contributed by atoms with Crippen LogP contribution >= 0.6 is 11.6 Å². The Morgan fingerprint density at radius 3 is 3.11 bits per heavy atom. The molecule has 1 N–H and O–H groups in total. The van der Waals surface area contributed by atoms with Crippen LogP contribution in [-0.4, -0.2) is 22.3 Å². The van der Waals surface area contributed by atoms with Gasteiger partial charge in [-0.25, -0.2) is 4.39 Å². The number of amides is 1. The van der Waals surface area contributed by atoms with E-state index < -0.39 is 17.3 Å². The van der Waals surface area contributed by atoms with E-state index in [2.05, 4.69) is 17.2 Å². The van der Waals surface area contributed by atoms with Gasteiger partial charge in [0.05, 0.1) is 17.3 Å². The third-order valence-electron chi connectivity index (χ3n) is 3.74. The lowest BCUT2D eigenvalue weighted by Gasteiger charge is -2.39. The van der Waals surface area contributed by atoms with E-state index in [-0.39, 0.29) is 5.56 Å². The number of aromatic nitrogens is 1. The fourth-order valence-corrected chi connectivity index (χ4v) is 3.11. The molecule has 0 saturated heterocycles. The van der Waals surface area contributed by atoms with Crippen molar-refractivity contribution in [3.8, 4) is 0 Å². The van der Waals surface area contributed by atoms with Crippen LogP contribution in [0.2, 0.25) is 0 Å². The van der Waals surface area contributed by atoms with Crippen LogP contribution in [0.25, 0.3) is 0 Å². The maximum Gasteiger partial charge on any atom is 0.254 e. The lowest BCUT2D eigenvalue weighted by Crippen LogP contribution is -2.52. The molecule has 1 aliphatic carbocycles. The molecule has 2 rings (SSSR count). The summed E-state index contributed by atoms with van der Waals surface area (Å²) in [5.41, 5.74) is -0.385. The minimum Gasteiger partial charge on any atom is -0.345 e. The smallest absolute Gasteiger partial charge is 0.254 e. The van der Waals surface area contributed by atoms with Crippen LogP contribution in [0.5, 0.6) is 0 Å². The van der Waals surface area contributed by atoms with Crippen molar-refractivity contribution in [2.75, 3.05) is 5.88 Å². The summed E-state index contributed by atoms with van der Waals surface area (Å²) in [5.74, 6) is -0.131. The zero-order valence-corrected chi connectivity index (χ0v) is 11.7. The Kier molecular flexibility index (Phi) is 4.40. The first-order valence-corrected chi connectivity index (χ1v) is 7.08. The molecule has 1 aromatic heterocycles. The van der Waals surface area contributed by atoms with Gasteiger partial charge in [0.25, 0.3) is 5.91 Å². The molecule has 104 valence electrons. The molecule has 1 amide bonds. The molecule has 2 unspecified atom stereocenters. The second-order valence-corrected chi connectivity index (χ2v) is 5.69. The second kappa shape index (κ2) is 5.87. The Hall–Kier alpha value is -1.16. The first kappa shape index (κ1) is 14.3. The van der Waals surface area contributed by atoms with Gasteiger partial charge >= 0.3 is 0 Å². The standard InChI is InChI=1S/C14H18ClFN2O/c1-10-3-2-5-14(7-10,9-15)18-13(19)11-4-6-17-8-12(11)16/h4,6,8,10H,2-3,5,7,9H2,1H3,(H,18,19). The van der Waals surface area contributed by atoms with Gasteiger partial charge in [-0.2, -0.15) is 0 Å². The average Bonchev–Trinajstić information content (AvgIpc) is 2.39. The van der Waals surface area contributed by atoms with Crippen LogP contribution < -0.4 is 5.32 Å². The number of nitrogens with zero attached hydrogens (tertiary/aromatic N) is 1. The Bertz CT molecular complexity index is 469. The largest absolute Gasteiger partial charge is 0.345 e. The van der Waals surface area contributed by atoms with E-state index in [0.717, 1.165) is 31.9 Å². The summed E-state index contributed by atoms with van der Waals surface area (Å²) < 4.78 is 13.5. The molecule has 3 nitrogen and oxygen atoms in total. The molecule has 0 aromatic carbocycles. The normalized spacial score (nSPS) is 27.0. The van der Waals surface area contributed by atoms with Gasteiger partial charge in [-0.05, 0) is 24.8 Å². The molecular weight excluding hydrogens is 267 g/mol. The minimum absolute atomic E-state index is 0.0257. The number of hydrogen-bond acceptors (Lipinski definition) is 2. The third kappa shape index (κ3) is 3.24. The van der Waals surface area contributed by atoms with E-state index in [1.807, 2.05) is 0 Å². The van der Waals surface area contributed by atoms with Crippen LogP contribution in [0.4, 0.5) is 4.39 Å². The summed E-state index contributed by atoms with van der Waals surface area (Å²) in [6.45, 7) is 2.15. The van der Waals surface area contributed by atoms with Crippen molar-refractivity contribution in [2.24, 2.45) is 5.92 Å². The fraction of sp³-hybridized carbons (Fsp3) is 0.571. The third-order valence-corrected chi connectivity index (χ3v) is 4.25. The number of halogens is 2. The molecule has 1 saturated carbocycles. The quantitative estimate of drug-likeness (QED) is 0.867. The van der Waals surface area contributed by atoms with Crippen LogP contribution in [0.3, 0.4) is 0 Å². The summed E-state index contributed by atoms with van der Waals surface area (Å²) >= 11 is 6.05. The lowest BCUT2D eigenvalue weighted by molar-refractivity contribution is 0.0863. The predicted molar refractivity (Wildman–Crippen MR) is 72.7 cm³/mol. The molecule has 1 heterocycles. The highest BCUT2D eigenvalue weighted by Crippen LogP contribution is 2.33. The van der Waals surface area contributed by atoms with Gasteiger partial charge in [0.15, 0.2) is 5.82 Å². The molecule has 0 spiro atoms. The molecule has 0 radical (unpaired) electrons. The molecule has 0 bridgehead atoms. The molecular formula is C14H18ClFN2O. The summed E-state index contributed by atoms with van der Waals surface area (Å²) in [7, 11) is 0. The van der Waals surface area contributed by atoms with Crippen molar-refractivity contribution in [1.82, 2.24) is 10.3 Å². The van der Waals surface area contributed by atoms with Crippen molar-refractivity contribution in [1.29, 1.82) is 0 Å². The monoisotopic (exact) mass is 284 g/mol. The van der Waals surface area contributed by atoms with Gasteiger partial charge < -0.3 is 5.32 Å². The number of carbonyl (C=O) groups excluding carboxylic acids is 1. The van der Waals surface area contributed by atoms with Crippen LogP contribution in [-0.2, 0) is 0 Å². The SMILES string of the molecule is CC1CCCC(CCl)(NC(=O)c2ccncc2F)C1. The Labute approximate surface area is 117 Å². The first-order chi connectivity index (χ1) is 9.06. The van der Waals surface area contributed by atoms with Crippen molar-refractivity contribution >= 4 is 17.5 Å². The molecule has 1 fully saturated rings. The Morgan fingerprint density at radius 2 is 2.47 bits per heavy atom. The Morgan fingerprint density at radius 1 is 1.68 bits per heavy atom. The summed E-state index contributed by atoms with van der Waals surface area (Å²) in [4.78, 5) is 15.8. The number of alkyl halides is 1. The predicted octanol–water partition coefficient (Wildman–Crippen LogP) is 3.14. The topological polar surface area (TPSA) is 42.0 Å². The van der Waals surface area contributed by atoms with Crippen LogP contribution in [0.1, 0.15) is 43.0 Å². The number of rotatable bonds is 3. The van der Waals surface area contributed by atoms with E-state index in [0.29, 0.717) is 11.8 Å². The van der Waals surface area contributed by atoms with E-state index in [1.54, 1.807) is 0 Å². The van der Waals surface area contributed by atoms with E-state index in [9.17, 15) is 9.18 Å². The molecule has 5 heteroatoms. The second-order valence-electron chi connectivity index (χ2n) is 5.43. The van der Waals surface area contributed by atoms with E-state index in [4.69, 9.17) is 11.6 Å². The molecule has 1 aliphatic rings. The highest BCUT2D eigenvalue weighted by Gasteiger charge is 2.36. The van der Waals surface area contributed by atoms with E-state index >= 15 is 0 Å². The summed E-state index contributed by atoms with van der Waals surface area (Å²) in [6.07, 6.45) is 6.33. The summed E-state index contributed by atoms with van der Waals surface area (Å²) in [6, 6.07) is 1.39. The van der Waals surface area contributed by atoms with Crippen molar-refractivity contribution < 1.29 is 9.18 Å². The lowest BCUT2D eigenvalue weighted by atomic mass is 9.77. The van der Waals surface area contributed by atoms with Gasteiger partial charge in [-0.3, -0.25) is 9.78 Å². The molecule has 1 aromatic rings. The molecule has 2 atom stereocenters. The van der Waals surface area contributed by atoms with Gasteiger partial charge in [0, 0.05) is 12.1 Å². The zero-order valence-electron chi connectivity index (χ0n) is 11.0. The number of hydrogen-bond donors (Lipinski definition) is 1. The molecule has 19 heavy (non-hydrogen) atoms. The van der Waals surface area contributed by atoms with Crippen LogP contribution in [0, 0.1) is 11.7 Å². The van der Waals surface area contributed by atoms with Gasteiger partial charge in [-0.1, -0.05) is 19.8 Å². The van der Waals surface area contributed by atoms with Gasteiger partial charge in [0.2, 0.25) is 0 Å². The minimum atomic E-state index is -0.603. The van der Waals surface area contributed by atoms with Crippen molar-refractivity contribution in [2.45, 2.75) is 38.1 Å². The highest BCUT2D eigenvalue weighted by molar-refractivity contribution is 6.19. The summed E-state index contributed by atoms with van der Waals surface area (Å²) in [5, 5.41) is 2.93. The van der Waals surface area contributed by atoms with Crippen molar-refractivity contribution in [3.63, 3.8) is 0 Å². The average molecular weight is 285 g/mol. The highest BCUT2D eigenvalue weighted by atomic mass is 35.5. The Balaban J connectivity index is 2.14. The number of carbonyl (C=O) groups is 1. The van der Waals surface area contributed by atoms with Crippen molar-refractivity contribution in [3.05, 3.63) is 29.8 Å². The first-order valence-electron chi connectivity index (χ1n) is 6.54. The van der Waals surface area contributed by atoms with Crippen LogP contribution in [0.15, 0.2) is 18.5 Å². The maximum absolute atomic E-state index is 13.5. The van der Waals surface area contributed by atoms with Gasteiger partial charge in [-0.15, -0.1) is 11.6 Å². The van der Waals surface area contributed by atoms with E-state index in [1.165, 1.54) is 12.3 Å².